The van der Waals surface area contributed by atoms with E-state index in [9.17, 15) is 8.78 Å². The molecule has 0 aromatic heterocycles. The molecule has 0 aliphatic rings. The monoisotopic (exact) mass is 369 g/mol. The predicted molar refractivity (Wildman–Crippen MR) is 101 cm³/mol. The van der Waals surface area contributed by atoms with Gasteiger partial charge < -0.3 is 15.2 Å². The molecular weight excluding hydrogens is 348 g/mol. The van der Waals surface area contributed by atoms with Crippen LogP contribution in [0.25, 0.3) is 0 Å². The van der Waals surface area contributed by atoms with Crippen molar-refractivity contribution in [2.75, 3.05) is 6.54 Å². The molecule has 0 saturated carbocycles. The van der Waals surface area contributed by atoms with E-state index in [0.717, 1.165) is 23.1 Å². The molecule has 0 saturated heterocycles. The average molecular weight is 369 g/mol. The third-order valence-electron chi connectivity index (χ3n) is 4.06. The van der Waals surface area contributed by atoms with Gasteiger partial charge in [-0.1, -0.05) is 30.3 Å². The van der Waals surface area contributed by atoms with E-state index in [1.165, 1.54) is 24.3 Å². The van der Waals surface area contributed by atoms with Gasteiger partial charge in [-0.2, -0.15) is 0 Å². The molecule has 0 aliphatic heterocycles. The molecule has 0 radical (unpaired) electrons. The van der Waals surface area contributed by atoms with Gasteiger partial charge in [-0.15, -0.1) is 0 Å². The van der Waals surface area contributed by atoms with Gasteiger partial charge in [0.25, 0.3) is 0 Å². The Kier molecular flexibility index (Phi) is 6.39. The summed E-state index contributed by atoms with van der Waals surface area (Å²) in [5.41, 5.74) is 8.38. The van der Waals surface area contributed by atoms with Crippen molar-refractivity contribution in [3.05, 3.63) is 95.1 Å². The Morgan fingerprint density at radius 3 is 1.63 bits per heavy atom. The number of ether oxygens (including phenoxy) is 2. The maximum absolute atomic E-state index is 13.0. The molecule has 0 amide bonds. The van der Waals surface area contributed by atoms with Crippen LogP contribution in [0.15, 0.2) is 66.7 Å². The Hall–Kier alpha value is -2.92. The lowest BCUT2D eigenvalue weighted by atomic mass is 10.1. The predicted octanol–water partition coefficient (Wildman–Crippen LogP) is 4.62. The van der Waals surface area contributed by atoms with E-state index in [1.54, 1.807) is 24.3 Å². The van der Waals surface area contributed by atoms with Crippen molar-refractivity contribution >= 4 is 0 Å². The number of rotatable bonds is 8. The van der Waals surface area contributed by atoms with Gasteiger partial charge in [0.15, 0.2) is 11.5 Å². The summed E-state index contributed by atoms with van der Waals surface area (Å²) in [6, 6.07) is 18.0. The molecule has 27 heavy (non-hydrogen) atoms. The minimum absolute atomic E-state index is 0.284. The van der Waals surface area contributed by atoms with E-state index >= 15 is 0 Å². The van der Waals surface area contributed by atoms with Gasteiger partial charge in [-0.25, -0.2) is 8.78 Å². The van der Waals surface area contributed by atoms with Crippen LogP contribution < -0.4 is 15.2 Å². The Labute approximate surface area is 157 Å². The second-order valence-corrected chi connectivity index (χ2v) is 6.15. The third-order valence-corrected chi connectivity index (χ3v) is 4.06. The molecule has 0 bridgehead atoms. The minimum atomic E-state index is -0.285. The van der Waals surface area contributed by atoms with Gasteiger partial charge in [0.2, 0.25) is 0 Å². The maximum atomic E-state index is 13.0. The lowest BCUT2D eigenvalue weighted by molar-refractivity contribution is 0.255. The van der Waals surface area contributed by atoms with Crippen LogP contribution in [-0.2, 0) is 19.6 Å². The smallest absolute Gasteiger partial charge is 0.161 e. The molecule has 3 aromatic rings. The van der Waals surface area contributed by atoms with E-state index in [4.69, 9.17) is 15.2 Å². The number of hydrogen-bond acceptors (Lipinski definition) is 3. The van der Waals surface area contributed by atoms with Crippen LogP contribution in [0.4, 0.5) is 8.78 Å². The standard InChI is InChI=1S/C22H21F2NO2/c23-19-6-1-17(2-7-19)14-26-21-10-5-16(11-12-25)13-22(21)27-15-18-3-8-20(24)9-4-18/h1-10,13H,11-12,14-15,25H2. The van der Waals surface area contributed by atoms with Crippen LogP contribution in [0.2, 0.25) is 0 Å². The van der Waals surface area contributed by atoms with Crippen molar-refractivity contribution in [3.63, 3.8) is 0 Å². The molecule has 0 fully saturated rings. The van der Waals surface area contributed by atoms with Crippen molar-refractivity contribution in [3.8, 4) is 11.5 Å². The lowest BCUT2D eigenvalue weighted by Gasteiger charge is -2.14. The topological polar surface area (TPSA) is 44.5 Å². The highest BCUT2D eigenvalue weighted by Crippen LogP contribution is 2.30. The molecule has 0 heterocycles. The fraction of sp³-hybridized carbons (Fsp3) is 0.182. The van der Waals surface area contributed by atoms with E-state index in [2.05, 4.69) is 0 Å². The van der Waals surface area contributed by atoms with Gasteiger partial charge in [0, 0.05) is 0 Å². The van der Waals surface area contributed by atoms with Gasteiger partial charge >= 0.3 is 0 Å². The van der Waals surface area contributed by atoms with Gasteiger partial charge in [0.1, 0.15) is 24.8 Å². The highest BCUT2D eigenvalue weighted by Gasteiger charge is 2.08. The lowest BCUT2D eigenvalue weighted by Crippen LogP contribution is -2.05. The molecule has 3 aromatic carbocycles. The highest BCUT2D eigenvalue weighted by atomic mass is 19.1. The summed E-state index contributed by atoms with van der Waals surface area (Å²) in [6.07, 6.45) is 0.727. The quantitative estimate of drug-likeness (QED) is 0.630. The summed E-state index contributed by atoms with van der Waals surface area (Å²) in [7, 11) is 0. The van der Waals surface area contributed by atoms with Crippen LogP contribution in [0.3, 0.4) is 0 Å². The second kappa shape index (κ2) is 9.14. The molecule has 0 unspecified atom stereocenters. The number of halogens is 2. The first-order valence-corrected chi connectivity index (χ1v) is 8.71. The first kappa shape index (κ1) is 18.9. The van der Waals surface area contributed by atoms with Gasteiger partial charge in [-0.05, 0) is 66.1 Å². The van der Waals surface area contributed by atoms with Gasteiger partial charge in [-0.3, -0.25) is 0 Å². The van der Waals surface area contributed by atoms with Gasteiger partial charge in [0.05, 0.1) is 0 Å². The van der Waals surface area contributed by atoms with Crippen molar-refractivity contribution in [1.29, 1.82) is 0 Å². The first-order chi connectivity index (χ1) is 13.1. The fourth-order valence-corrected chi connectivity index (χ4v) is 2.59. The Bertz CT molecular complexity index is 864. The summed E-state index contributed by atoms with van der Waals surface area (Å²) < 4.78 is 37.8. The molecule has 0 atom stereocenters. The summed E-state index contributed by atoms with van der Waals surface area (Å²) in [6.45, 7) is 1.12. The zero-order valence-corrected chi connectivity index (χ0v) is 14.8. The molecule has 5 heteroatoms. The first-order valence-electron chi connectivity index (χ1n) is 8.71. The zero-order chi connectivity index (χ0) is 19.1. The highest BCUT2D eigenvalue weighted by molar-refractivity contribution is 5.43. The maximum Gasteiger partial charge on any atom is 0.161 e. The Balaban J connectivity index is 1.73. The van der Waals surface area contributed by atoms with Crippen molar-refractivity contribution < 1.29 is 18.3 Å². The Morgan fingerprint density at radius 1 is 0.630 bits per heavy atom. The largest absolute Gasteiger partial charge is 0.485 e. The fourth-order valence-electron chi connectivity index (χ4n) is 2.59. The summed E-state index contributed by atoms with van der Waals surface area (Å²) in [5, 5.41) is 0. The summed E-state index contributed by atoms with van der Waals surface area (Å²) >= 11 is 0. The van der Waals surface area contributed by atoms with Crippen molar-refractivity contribution in [2.24, 2.45) is 5.73 Å². The minimum Gasteiger partial charge on any atom is -0.485 e. The SMILES string of the molecule is NCCc1ccc(OCc2ccc(F)cc2)c(OCc2ccc(F)cc2)c1. The van der Waals surface area contributed by atoms with E-state index in [1.807, 2.05) is 18.2 Å². The zero-order valence-electron chi connectivity index (χ0n) is 14.8. The Morgan fingerprint density at radius 2 is 1.11 bits per heavy atom. The molecule has 2 N–H and O–H groups in total. The van der Waals surface area contributed by atoms with Crippen molar-refractivity contribution in [2.45, 2.75) is 19.6 Å². The average Bonchev–Trinajstić information content (AvgIpc) is 2.68. The van der Waals surface area contributed by atoms with Crippen LogP contribution in [0.1, 0.15) is 16.7 Å². The number of hydrogen-bond donors (Lipinski definition) is 1. The molecular formula is C22H21F2NO2. The summed E-state index contributed by atoms with van der Waals surface area (Å²) in [4.78, 5) is 0. The van der Waals surface area contributed by atoms with Crippen molar-refractivity contribution in [1.82, 2.24) is 0 Å². The summed E-state index contributed by atoms with van der Waals surface area (Å²) in [5.74, 6) is 0.606. The van der Waals surface area contributed by atoms with Crippen LogP contribution in [-0.4, -0.2) is 6.54 Å². The third kappa shape index (κ3) is 5.53. The number of nitrogens with two attached hydrogens (primary N) is 1. The van der Waals surface area contributed by atoms with E-state index in [0.29, 0.717) is 31.3 Å². The molecule has 140 valence electrons. The number of benzene rings is 3. The molecule has 0 aliphatic carbocycles. The molecule has 3 nitrogen and oxygen atoms in total. The van der Waals surface area contributed by atoms with Crippen LogP contribution in [0.5, 0.6) is 11.5 Å². The van der Waals surface area contributed by atoms with Crippen LogP contribution >= 0.6 is 0 Å². The second-order valence-electron chi connectivity index (χ2n) is 6.15. The van der Waals surface area contributed by atoms with Crippen LogP contribution in [0, 0.1) is 11.6 Å². The molecule has 0 spiro atoms. The van der Waals surface area contributed by atoms with E-state index < -0.39 is 0 Å². The normalized spacial score (nSPS) is 10.6. The molecule has 3 rings (SSSR count). The van der Waals surface area contributed by atoms with E-state index in [-0.39, 0.29) is 11.6 Å².